The molecule has 0 bridgehead atoms. The van der Waals surface area contributed by atoms with Crippen LogP contribution < -0.4 is 11.2 Å². The first-order chi connectivity index (χ1) is 9.95. The van der Waals surface area contributed by atoms with Gasteiger partial charge in [0.15, 0.2) is 6.23 Å². The van der Waals surface area contributed by atoms with Crippen molar-refractivity contribution in [2.75, 3.05) is 13.2 Å². The second-order valence-electron chi connectivity index (χ2n) is 4.42. The predicted octanol–water partition coefficient (Wildman–Crippen LogP) is -2.87. The van der Waals surface area contributed by atoms with Gasteiger partial charge in [0.25, 0.3) is 5.56 Å². The molecule has 2 heterocycles. The van der Waals surface area contributed by atoms with Gasteiger partial charge in [0, 0.05) is 12.3 Å². The molecule has 21 heavy (non-hydrogen) atoms. The number of nitrogens with one attached hydrogen (secondary N) is 1. The molecule has 0 saturated carbocycles. The lowest BCUT2D eigenvalue weighted by Crippen LogP contribution is -2.48. The molecule has 1 saturated heterocycles. The third-order valence-corrected chi connectivity index (χ3v) is 3.13. The smallest absolute Gasteiger partial charge is 0.330 e. The number of hydrogen-bond acceptors (Lipinski definition) is 7. The Balaban J connectivity index is 2.37. The fourth-order valence-corrected chi connectivity index (χ4v) is 2.07. The Bertz CT molecular complexity index is 661. The van der Waals surface area contributed by atoms with Crippen LogP contribution in [0.25, 0.3) is 0 Å². The van der Waals surface area contributed by atoms with E-state index in [2.05, 4.69) is 5.92 Å². The zero-order valence-electron chi connectivity index (χ0n) is 10.8. The van der Waals surface area contributed by atoms with Crippen molar-refractivity contribution >= 4 is 0 Å². The van der Waals surface area contributed by atoms with Crippen molar-refractivity contribution in [1.29, 1.82) is 0 Å². The van der Waals surface area contributed by atoms with Crippen molar-refractivity contribution in [2.24, 2.45) is 0 Å². The van der Waals surface area contributed by atoms with Gasteiger partial charge in [-0.1, -0.05) is 5.92 Å². The Kier molecular flexibility index (Phi) is 4.26. The average molecular weight is 298 g/mol. The topological polar surface area (TPSA) is 134 Å². The number of hydrogen-bond donors (Lipinski definition) is 4. The molecule has 0 amide bonds. The summed E-state index contributed by atoms with van der Waals surface area (Å²) in [6, 6.07) is 1.05. The van der Waals surface area contributed by atoms with Gasteiger partial charge in [-0.15, -0.1) is 6.42 Å². The fourth-order valence-electron chi connectivity index (χ4n) is 2.07. The van der Waals surface area contributed by atoms with E-state index in [4.69, 9.17) is 15.9 Å². The highest BCUT2D eigenvalue weighted by atomic mass is 16.7. The Labute approximate surface area is 118 Å². The minimum absolute atomic E-state index is 0.280. The lowest BCUT2D eigenvalue weighted by atomic mass is 10.1. The Morgan fingerprint density at radius 2 is 2.24 bits per heavy atom. The Morgan fingerprint density at radius 3 is 2.81 bits per heavy atom. The summed E-state index contributed by atoms with van der Waals surface area (Å²) in [7, 11) is 0. The number of aromatic nitrogens is 2. The molecule has 9 heteroatoms. The molecule has 0 spiro atoms. The number of aliphatic hydroxyl groups is 3. The first-order valence-electron chi connectivity index (χ1n) is 5.99. The van der Waals surface area contributed by atoms with E-state index in [1.807, 2.05) is 4.98 Å². The largest absolute Gasteiger partial charge is 0.391 e. The van der Waals surface area contributed by atoms with Crippen LogP contribution in [0.2, 0.25) is 0 Å². The molecule has 4 atom stereocenters. The highest BCUT2D eigenvalue weighted by molar-refractivity contribution is 4.98. The van der Waals surface area contributed by atoms with E-state index in [1.54, 1.807) is 0 Å². The molecule has 1 aliphatic heterocycles. The predicted molar refractivity (Wildman–Crippen MR) is 68.1 cm³/mol. The van der Waals surface area contributed by atoms with Gasteiger partial charge in [0.05, 0.1) is 0 Å². The minimum Gasteiger partial charge on any atom is -0.391 e. The molecule has 1 aliphatic rings. The number of ether oxygens (including phenoxy) is 2. The van der Waals surface area contributed by atoms with Crippen LogP contribution in [-0.4, -0.2) is 56.1 Å². The van der Waals surface area contributed by atoms with Crippen LogP contribution in [0, 0.1) is 12.3 Å². The molecule has 2 rings (SSSR count). The molecule has 0 aliphatic carbocycles. The first kappa shape index (κ1) is 15.4. The summed E-state index contributed by atoms with van der Waals surface area (Å²) in [5.74, 6) is 0.188. The molecular weight excluding hydrogens is 284 g/mol. The quantitative estimate of drug-likeness (QED) is 0.439. The number of nitrogens with zero attached hydrogens (tertiary/aromatic N) is 1. The second-order valence-corrected chi connectivity index (χ2v) is 4.42. The normalized spacial score (nSPS) is 32.0. The fraction of sp³-hybridized carbons (Fsp3) is 0.500. The highest BCUT2D eigenvalue weighted by Crippen LogP contribution is 2.37. The van der Waals surface area contributed by atoms with Crippen LogP contribution in [0.5, 0.6) is 0 Å². The molecule has 1 fully saturated rings. The number of aliphatic hydroxyl groups excluding tert-OH is 3. The summed E-state index contributed by atoms with van der Waals surface area (Å²) >= 11 is 0. The summed E-state index contributed by atoms with van der Waals surface area (Å²) < 4.78 is 11.3. The molecular formula is C12H14N2O7. The maximum Gasteiger partial charge on any atom is 0.330 e. The van der Waals surface area contributed by atoms with Gasteiger partial charge in [-0.2, -0.15) is 0 Å². The van der Waals surface area contributed by atoms with Gasteiger partial charge in [-0.3, -0.25) is 14.3 Å². The van der Waals surface area contributed by atoms with E-state index in [1.165, 1.54) is 0 Å². The number of aromatic amines is 1. The zero-order chi connectivity index (χ0) is 15.6. The second kappa shape index (κ2) is 5.80. The Morgan fingerprint density at radius 1 is 1.52 bits per heavy atom. The van der Waals surface area contributed by atoms with Gasteiger partial charge >= 0.3 is 5.69 Å². The summed E-state index contributed by atoms with van der Waals surface area (Å²) in [5.41, 5.74) is -1.47. The van der Waals surface area contributed by atoms with E-state index in [9.17, 15) is 24.9 Å². The van der Waals surface area contributed by atoms with Crippen LogP contribution in [0.15, 0.2) is 21.9 Å². The zero-order valence-corrected chi connectivity index (χ0v) is 10.8. The maximum atomic E-state index is 11.7. The van der Waals surface area contributed by atoms with Gasteiger partial charge in [0.2, 0.25) is 5.79 Å². The van der Waals surface area contributed by atoms with Crippen molar-refractivity contribution in [3.63, 3.8) is 0 Å². The minimum atomic E-state index is -1.95. The van der Waals surface area contributed by atoms with Crippen molar-refractivity contribution in [3.8, 4) is 12.3 Å². The number of H-pyrrole nitrogens is 1. The Hall–Kier alpha value is -1.96. The lowest BCUT2D eigenvalue weighted by Gasteiger charge is -2.28. The molecule has 0 aromatic carbocycles. The molecule has 1 aromatic rings. The standard InChI is InChI=1S/C12H14N2O7/c1-2-5-20-12(6-15)9(18)8(17)10(21-12)14-4-3-7(16)13-11(14)19/h1,3-4,8-10,15,17-18H,5-6H2,(H,13,16,19)/t8-,9+,10-,12-/m1/s1. The van der Waals surface area contributed by atoms with Crippen LogP contribution >= 0.6 is 0 Å². The van der Waals surface area contributed by atoms with Gasteiger partial charge in [0.1, 0.15) is 25.4 Å². The van der Waals surface area contributed by atoms with Gasteiger partial charge in [-0.25, -0.2) is 4.79 Å². The van der Waals surface area contributed by atoms with E-state index in [-0.39, 0.29) is 6.61 Å². The number of terminal acetylenes is 1. The molecule has 4 N–H and O–H groups in total. The molecule has 0 unspecified atom stereocenters. The van der Waals surface area contributed by atoms with Crippen LogP contribution in [0.4, 0.5) is 0 Å². The summed E-state index contributed by atoms with van der Waals surface area (Å²) in [4.78, 5) is 24.7. The first-order valence-corrected chi connectivity index (χ1v) is 5.99. The molecule has 9 nitrogen and oxygen atoms in total. The van der Waals surface area contributed by atoms with Crippen molar-refractivity contribution in [2.45, 2.75) is 24.2 Å². The van der Waals surface area contributed by atoms with Crippen LogP contribution in [0.3, 0.4) is 0 Å². The van der Waals surface area contributed by atoms with Gasteiger partial charge in [-0.05, 0) is 0 Å². The lowest BCUT2D eigenvalue weighted by molar-refractivity contribution is -0.276. The monoisotopic (exact) mass is 298 g/mol. The highest BCUT2D eigenvalue weighted by Gasteiger charge is 2.56. The third kappa shape index (κ3) is 2.63. The third-order valence-electron chi connectivity index (χ3n) is 3.13. The summed E-state index contributed by atoms with van der Waals surface area (Å²) in [5, 5.41) is 29.4. The van der Waals surface area contributed by atoms with Crippen molar-refractivity contribution in [1.82, 2.24) is 9.55 Å². The van der Waals surface area contributed by atoms with Crippen molar-refractivity contribution < 1.29 is 24.8 Å². The molecule has 0 radical (unpaired) electrons. The van der Waals surface area contributed by atoms with E-state index in [0.717, 1.165) is 16.8 Å². The molecule has 114 valence electrons. The average Bonchev–Trinajstić information content (AvgIpc) is 2.71. The number of rotatable bonds is 4. The summed E-state index contributed by atoms with van der Waals surface area (Å²) in [6.45, 7) is -1.07. The van der Waals surface area contributed by atoms with E-state index >= 15 is 0 Å². The van der Waals surface area contributed by atoms with E-state index < -0.39 is 42.1 Å². The van der Waals surface area contributed by atoms with E-state index in [0.29, 0.717) is 0 Å². The SMILES string of the molecule is C#CCO[C@]1(CO)O[C@@H](n2ccc(=O)[nH]c2=O)[C@H](O)[C@@H]1O. The van der Waals surface area contributed by atoms with Crippen LogP contribution in [-0.2, 0) is 9.47 Å². The van der Waals surface area contributed by atoms with Gasteiger partial charge < -0.3 is 24.8 Å². The maximum absolute atomic E-state index is 11.7. The van der Waals surface area contributed by atoms with Crippen LogP contribution in [0.1, 0.15) is 6.23 Å². The summed E-state index contributed by atoms with van der Waals surface area (Å²) in [6.07, 6.45) is 1.57. The molecule has 1 aromatic heterocycles. The van der Waals surface area contributed by atoms with Crippen molar-refractivity contribution in [3.05, 3.63) is 33.1 Å².